The first kappa shape index (κ1) is 25.2. The summed E-state index contributed by atoms with van der Waals surface area (Å²) < 4.78 is 39.8. The maximum Gasteiger partial charge on any atom is 0.333 e. The van der Waals surface area contributed by atoms with Crippen molar-refractivity contribution in [2.45, 2.75) is 31.5 Å². The van der Waals surface area contributed by atoms with Crippen LogP contribution in [0.1, 0.15) is 30.3 Å². The molecular weight excluding hydrogens is 502 g/mol. The normalized spacial score (nSPS) is 22.8. The van der Waals surface area contributed by atoms with E-state index >= 15 is 0 Å². The Morgan fingerprint density at radius 2 is 1.74 bits per heavy atom. The Balaban J connectivity index is 1.17. The molecular formula is C30H29F2N4O3+. The number of anilines is 1. The molecule has 1 aromatic heterocycles. The molecule has 39 heavy (non-hydrogen) atoms. The number of aromatic nitrogens is 2. The summed E-state index contributed by atoms with van der Waals surface area (Å²) in [6.07, 6.45) is 1.61. The zero-order chi connectivity index (χ0) is 26.8. The quantitative estimate of drug-likeness (QED) is 0.238. The third-order valence-corrected chi connectivity index (χ3v) is 7.83. The topological polar surface area (TPSA) is 77.2 Å². The van der Waals surface area contributed by atoms with Gasteiger partial charge in [0.15, 0.2) is 12.1 Å². The lowest BCUT2D eigenvalue weighted by molar-refractivity contribution is -0.958. The Hall–Kier alpha value is -4.11. The van der Waals surface area contributed by atoms with Crippen molar-refractivity contribution in [3.63, 3.8) is 0 Å². The van der Waals surface area contributed by atoms with Crippen LogP contribution in [-0.2, 0) is 16.1 Å². The Morgan fingerprint density at radius 3 is 2.49 bits per heavy atom. The van der Waals surface area contributed by atoms with Gasteiger partial charge in [-0.1, -0.05) is 47.6 Å². The number of piperidine rings is 3. The fourth-order valence-corrected chi connectivity index (χ4v) is 5.82. The van der Waals surface area contributed by atoms with Crippen molar-refractivity contribution in [2.75, 3.05) is 25.0 Å². The third-order valence-electron chi connectivity index (χ3n) is 7.83. The van der Waals surface area contributed by atoms with E-state index in [0.717, 1.165) is 31.5 Å². The first-order valence-corrected chi connectivity index (χ1v) is 13.2. The molecule has 0 spiro atoms. The first-order chi connectivity index (χ1) is 19.0. The van der Waals surface area contributed by atoms with Gasteiger partial charge in [-0.2, -0.15) is 4.98 Å². The molecule has 7 rings (SSSR count). The maximum atomic E-state index is 13.8. The molecule has 3 aliphatic heterocycles. The van der Waals surface area contributed by atoms with Crippen LogP contribution in [0.2, 0.25) is 0 Å². The number of nitrogens with zero attached hydrogens (tertiary/aromatic N) is 3. The van der Waals surface area contributed by atoms with Gasteiger partial charge in [0.25, 0.3) is 5.89 Å². The van der Waals surface area contributed by atoms with Crippen molar-refractivity contribution in [2.24, 2.45) is 5.92 Å². The molecule has 200 valence electrons. The van der Waals surface area contributed by atoms with Crippen LogP contribution >= 0.6 is 0 Å². The lowest BCUT2D eigenvalue weighted by Gasteiger charge is -2.51. The van der Waals surface area contributed by atoms with E-state index in [9.17, 15) is 13.6 Å². The molecule has 3 saturated heterocycles. The zero-order valence-electron chi connectivity index (χ0n) is 21.3. The highest BCUT2D eigenvalue weighted by Crippen LogP contribution is 2.38. The molecule has 4 aromatic rings. The summed E-state index contributed by atoms with van der Waals surface area (Å²) in [5.41, 5.74) is 1.79. The predicted molar refractivity (Wildman–Crippen MR) is 140 cm³/mol. The maximum absolute atomic E-state index is 13.8. The standard InChI is InChI=1S/C30H29F2N4O3/c31-23-9-4-8-22(16-23)29-34-27(35-39-29)19-36-14-12-20(13-15-36)26(18-36)38-30(37)28(21-6-2-1-3-7-21)33-25-11-5-10-24(32)17-25/h1-11,16-17,20,26,28,33H,12-15,18-19H2/q+1/t20?,26-,28?,36?/m0/s1. The highest BCUT2D eigenvalue weighted by molar-refractivity contribution is 5.81. The Bertz CT molecular complexity index is 1450. The second-order valence-corrected chi connectivity index (χ2v) is 10.5. The number of ether oxygens (including phenoxy) is 1. The minimum Gasteiger partial charge on any atom is -0.454 e. The summed E-state index contributed by atoms with van der Waals surface area (Å²) in [6, 6.07) is 20.7. The van der Waals surface area contributed by atoms with E-state index < -0.39 is 12.0 Å². The molecule has 9 heteroatoms. The van der Waals surface area contributed by atoms with Crippen LogP contribution in [0.15, 0.2) is 83.4 Å². The summed E-state index contributed by atoms with van der Waals surface area (Å²) in [5, 5.41) is 7.32. The van der Waals surface area contributed by atoms with Gasteiger partial charge in [-0.3, -0.25) is 0 Å². The van der Waals surface area contributed by atoms with Crippen molar-refractivity contribution in [3.05, 3.63) is 102 Å². The van der Waals surface area contributed by atoms with E-state index in [1.165, 1.54) is 24.3 Å². The van der Waals surface area contributed by atoms with Crippen molar-refractivity contribution < 1.29 is 27.3 Å². The molecule has 4 heterocycles. The van der Waals surface area contributed by atoms with Crippen LogP contribution in [0.5, 0.6) is 0 Å². The van der Waals surface area contributed by atoms with Crippen LogP contribution in [0.3, 0.4) is 0 Å². The van der Waals surface area contributed by atoms with Gasteiger partial charge in [-0.15, -0.1) is 0 Å². The highest BCUT2D eigenvalue weighted by Gasteiger charge is 2.48. The minimum absolute atomic E-state index is 0.255. The molecule has 3 fully saturated rings. The van der Waals surface area contributed by atoms with Crippen LogP contribution in [0.25, 0.3) is 11.5 Å². The molecule has 2 bridgehead atoms. The van der Waals surface area contributed by atoms with Crippen molar-refractivity contribution in [1.29, 1.82) is 0 Å². The highest BCUT2D eigenvalue weighted by atomic mass is 19.1. The Labute approximate surface area is 225 Å². The summed E-state index contributed by atoms with van der Waals surface area (Å²) in [7, 11) is 0. The SMILES string of the molecule is O=C(O[C@H]1C[N+]2(Cc3noc(-c4cccc(F)c4)n3)CCC1CC2)C(Nc1cccc(F)c1)c1ccccc1. The molecule has 3 aliphatic rings. The molecule has 7 nitrogen and oxygen atoms in total. The number of benzene rings is 3. The molecule has 1 unspecified atom stereocenters. The molecule has 2 atom stereocenters. The fraction of sp³-hybridized carbons (Fsp3) is 0.300. The number of rotatable bonds is 8. The Morgan fingerprint density at radius 1 is 1.00 bits per heavy atom. The van der Waals surface area contributed by atoms with Crippen LogP contribution in [-0.4, -0.2) is 46.3 Å². The van der Waals surface area contributed by atoms with E-state index in [4.69, 9.17) is 9.26 Å². The number of hydrogen-bond acceptors (Lipinski definition) is 6. The first-order valence-electron chi connectivity index (χ1n) is 13.2. The van der Waals surface area contributed by atoms with E-state index in [-0.39, 0.29) is 29.5 Å². The number of carbonyl (C=O) groups is 1. The van der Waals surface area contributed by atoms with E-state index in [1.807, 2.05) is 30.3 Å². The van der Waals surface area contributed by atoms with E-state index in [1.54, 1.807) is 24.3 Å². The number of quaternary nitrogens is 1. The molecule has 1 N–H and O–H groups in total. The predicted octanol–water partition coefficient (Wildman–Crippen LogP) is 5.52. The van der Waals surface area contributed by atoms with Crippen molar-refractivity contribution in [3.8, 4) is 11.5 Å². The second-order valence-electron chi connectivity index (χ2n) is 10.5. The van der Waals surface area contributed by atoms with Gasteiger partial charge < -0.3 is 19.1 Å². The fourth-order valence-electron chi connectivity index (χ4n) is 5.82. The van der Waals surface area contributed by atoms with Crippen molar-refractivity contribution >= 4 is 11.7 Å². The largest absolute Gasteiger partial charge is 0.454 e. The van der Waals surface area contributed by atoms with Crippen LogP contribution in [0.4, 0.5) is 14.5 Å². The summed E-state index contributed by atoms with van der Waals surface area (Å²) in [4.78, 5) is 18.1. The number of carbonyl (C=O) groups excluding carboxylic acids is 1. The average molecular weight is 532 g/mol. The van der Waals surface area contributed by atoms with Gasteiger partial charge in [0.1, 0.15) is 24.7 Å². The van der Waals surface area contributed by atoms with Gasteiger partial charge in [0.05, 0.1) is 13.1 Å². The number of esters is 1. The van der Waals surface area contributed by atoms with Crippen LogP contribution in [0, 0.1) is 17.6 Å². The van der Waals surface area contributed by atoms with E-state index in [2.05, 4.69) is 15.5 Å². The van der Waals surface area contributed by atoms with Gasteiger partial charge in [-0.25, -0.2) is 13.6 Å². The molecule has 0 aliphatic carbocycles. The lowest BCUT2D eigenvalue weighted by atomic mass is 9.83. The second kappa shape index (κ2) is 10.6. The van der Waals surface area contributed by atoms with Gasteiger partial charge in [0, 0.05) is 30.0 Å². The van der Waals surface area contributed by atoms with Crippen LogP contribution < -0.4 is 5.32 Å². The minimum atomic E-state index is -0.775. The smallest absolute Gasteiger partial charge is 0.333 e. The van der Waals surface area contributed by atoms with Gasteiger partial charge in [-0.05, 0) is 42.0 Å². The summed E-state index contributed by atoms with van der Waals surface area (Å²) in [5.74, 6) is -0.0205. The van der Waals surface area contributed by atoms with Gasteiger partial charge >= 0.3 is 5.97 Å². The number of nitrogens with one attached hydrogen (secondary N) is 1. The summed E-state index contributed by atoms with van der Waals surface area (Å²) in [6.45, 7) is 3.07. The number of halogens is 2. The lowest BCUT2D eigenvalue weighted by Crippen LogP contribution is -2.64. The number of fused-ring (bicyclic) bond motifs is 3. The van der Waals surface area contributed by atoms with E-state index in [0.29, 0.717) is 34.6 Å². The Kier molecular flexibility index (Phi) is 6.83. The monoisotopic (exact) mass is 531 g/mol. The number of hydrogen-bond donors (Lipinski definition) is 1. The van der Waals surface area contributed by atoms with Gasteiger partial charge in [0.2, 0.25) is 5.82 Å². The molecule has 0 amide bonds. The average Bonchev–Trinajstić information content (AvgIpc) is 3.41. The zero-order valence-corrected chi connectivity index (χ0v) is 21.3. The third kappa shape index (κ3) is 5.54. The molecule has 0 saturated carbocycles. The molecule has 0 radical (unpaired) electrons. The summed E-state index contributed by atoms with van der Waals surface area (Å²) >= 11 is 0. The van der Waals surface area contributed by atoms with Crippen molar-refractivity contribution in [1.82, 2.24) is 10.1 Å². The molecule has 3 aromatic carbocycles.